The van der Waals surface area contributed by atoms with E-state index in [0.717, 1.165) is 36.3 Å². The Hall–Kier alpha value is -4.01. The molecular weight excluding hydrogens is 494 g/mol. The zero-order chi connectivity index (χ0) is 27.2. The molecule has 5 rings (SSSR count). The first-order valence-corrected chi connectivity index (χ1v) is 13.3. The molecule has 0 spiro atoms. The van der Waals surface area contributed by atoms with Crippen LogP contribution in [-0.4, -0.2) is 71.0 Å². The highest BCUT2D eigenvalue weighted by Gasteiger charge is 2.45. The molecule has 0 saturated carbocycles. The minimum atomic E-state index is -0.685. The van der Waals surface area contributed by atoms with E-state index < -0.39 is 17.7 Å². The number of pyridine rings is 1. The molecule has 0 radical (unpaired) electrons. The molecule has 202 valence electrons. The van der Waals surface area contributed by atoms with Crippen molar-refractivity contribution in [2.45, 2.75) is 26.0 Å². The molecule has 1 N–H and O–H groups in total. The molecule has 3 heterocycles. The predicted octanol–water partition coefficient (Wildman–Crippen LogP) is 4.11. The monoisotopic (exact) mass is 527 g/mol. The van der Waals surface area contributed by atoms with Crippen LogP contribution in [-0.2, 0) is 20.9 Å². The number of aliphatic hydroxyl groups is 1. The Kier molecular flexibility index (Phi) is 8.34. The molecule has 2 aliphatic heterocycles. The Balaban J connectivity index is 1.36. The number of hydrogen-bond acceptors (Lipinski definition) is 7. The van der Waals surface area contributed by atoms with E-state index in [0.29, 0.717) is 44.1 Å². The Bertz CT molecular complexity index is 1330. The van der Waals surface area contributed by atoms with Gasteiger partial charge in [0.2, 0.25) is 0 Å². The van der Waals surface area contributed by atoms with Crippen LogP contribution in [0.2, 0.25) is 0 Å². The summed E-state index contributed by atoms with van der Waals surface area (Å²) >= 11 is 0. The Labute approximate surface area is 228 Å². The van der Waals surface area contributed by atoms with Crippen molar-refractivity contribution >= 4 is 17.4 Å². The van der Waals surface area contributed by atoms with Gasteiger partial charge in [-0.15, -0.1) is 0 Å². The second-order valence-corrected chi connectivity index (χ2v) is 9.88. The van der Waals surface area contributed by atoms with Crippen LogP contribution in [0, 0.1) is 6.92 Å². The van der Waals surface area contributed by atoms with Gasteiger partial charge in [-0.25, -0.2) is 0 Å². The molecule has 1 atom stereocenters. The van der Waals surface area contributed by atoms with Crippen molar-refractivity contribution < 1.29 is 24.2 Å². The van der Waals surface area contributed by atoms with Crippen molar-refractivity contribution in [3.8, 4) is 5.75 Å². The van der Waals surface area contributed by atoms with Crippen LogP contribution in [0.15, 0.2) is 78.6 Å². The maximum absolute atomic E-state index is 13.3. The number of carbonyl (C=O) groups excluding carboxylic acids is 2. The highest BCUT2D eigenvalue weighted by atomic mass is 16.5. The lowest BCUT2D eigenvalue weighted by Crippen LogP contribution is -2.38. The van der Waals surface area contributed by atoms with Gasteiger partial charge in [-0.2, -0.15) is 0 Å². The number of hydrogen-bond donors (Lipinski definition) is 1. The van der Waals surface area contributed by atoms with Gasteiger partial charge in [0.15, 0.2) is 0 Å². The lowest BCUT2D eigenvalue weighted by Gasteiger charge is -2.29. The van der Waals surface area contributed by atoms with E-state index in [-0.39, 0.29) is 11.3 Å². The molecule has 0 bridgehead atoms. The first-order valence-electron chi connectivity index (χ1n) is 13.3. The van der Waals surface area contributed by atoms with Crippen LogP contribution in [0.4, 0.5) is 0 Å². The average molecular weight is 528 g/mol. The zero-order valence-electron chi connectivity index (χ0n) is 22.1. The fourth-order valence-electron chi connectivity index (χ4n) is 5.13. The summed E-state index contributed by atoms with van der Waals surface area (Å²) in [6, 6.07) is 17.9. The SMILES string of the molecule is Cc1cccc(COc2ccc(/C(O)=C3\C(=O)C(=O)N(CCCN4CCOCC4)[C@H]3c3ccncc3)cc2)c1. The molecule has 2 aliphatic rings. The first-order chi connectivity index (χ1) is 19.0. The van der Waals surface area contributed by atoms with E-state index in [1.54, 1.807) is 53.7 Å². The van der Waals surface area contributed by atoms with Crippen LogP contribution in [0.1, 0.15) is 34.7 Å². The minimum absolute atomic E-state index is 0.0889. The van der Waals surface area contributed by atoms with Gasteiger partial charge in [-0.3, -0.25) is 19.5 Å². The topological polar surface area (TPSA) is 92.2 Å². The van der Waals surface area contributed by atoms with Crippen molar-refractivity contribution in [2.75, 3.05) is 39.4 Å². The Morgan fingerprint density at radius 2 is 1.77 bits per heavy atom. The van der Waals surface area contributed by atoms with Gasteiger partial charge >= 0.3 is 0 Å². The van der Waals surface area contributed by atoms with Crippen molar-refractivity contribution in [1.29, 1.82) is 0 Å². The fraction of sp³-hybridized carbons (Fsp3) is 0.323. The maximum Gasteiger partial charge on any atom is 0.295 e. The summed E-state index contributed by atoms with van der Waals surface area (Å²) in [7, 11) is 0. The number of benzene rings is 2. The van der Waals surface area contributed by atoms with E-state index in [4.69, 9.17) is 9.47 Å². The number of ketones is 1. The lowest BCUT2D eigenvalue weighted by atomic mass is 9.96. The summed E-state index contributed by atoms with van der Waals surface area (Å²) < 4.78 is 11.3. The zero-order valence-corrected chi connectivity index (χ0v) is 22.1. The van der Waals surface area contributed by atoms with Crippen LogP contribution in [0.3, 0.4) is 0 Å². The smallest absolute Gasteiger partial charge is 0.295 e. The van der Waals surface area contributed by atoms with E-state index >= 15 is 0 Å². The van der Waals surface area contributed by atoms with Crippen LogP contribution < -0.4 is 4.74 Å². The van der Waals surface area contributed by atoms with Crippen molar-refractivity contribution in [3.63, 3.8) is 0 Å². The number of ether oxygens (including phenoxy) is 2. The molecular formula is C31H33N3O5. The quantitative estimate of drug-likeness (QED) is 0.254. The summed E-state index contributed by atoms with van der Waals surface area (Å²) in [4.78, 5) is 34.4. The molecule has 39 heavy (non-hydrogen) atoms. The highest BCUT2D eigenvalue weighted by Crippen LogP contribution is 2.39. The van der Waals surface area contributed by atoms with E-state index in [1.807, 2.05) is 25.1 Å². The molecule has 2 aromatic carbocycles. The van der Waals surface area contributed by atoms with Gasteiger partial charge < -0.3 is 19.5 Å². The van der Waals surface area contributed by atoms with Crippen LogP contribution in [0.25, 0.3) is 5.76 Å². The third-order valence-electron chi connectivity index (χ3n) is 7.15. The molecule has 0 unspecified atom stereocenters. The summed E-state index contributed by atoms with van der Waals surface area (Å²) in [5.41, 5.74) is 3.50. The van der Waals surface area contributed by atoms with Crippen molar-refractivity contribution in [3.05, 3.63) is 101 Å². The number of morpholine rings is 1. The van der Waals surface area contributed by atoms with E-state index in [1.165, 1.54) is 0 Å². The second-order valence-electron chi connectivity index (χ2n) is 9.88. The summed E-state index contributed by atoms with van der Waals surface area (Å²) in [5.74, 6) is -0.836. The van der Waals surface area contributed by atoms with Crippen molar-refractivity contribution in [1.82, 2.24) is 14.8 Å². The molecule has 0 aliphatic carbocycles. The van der Waals surface area contributed by atoms with Crippen LogP contribution in [0.5, 0.6) is 5.75 Å². The van der Waals surface area contributed by atoms with Gasteiger partial charge in [-0.05, 0) is 60.9 Å². The molecule has 1 aromatic heterocycles. The fourth-order valence-corrected chi connectivity index (χ4v) is 5.13. The average Bonchev–Trinajstić information content (AvgIpc) is 3.22. The normalized spacial score (nSPS) is 19.4. The van der Waals surface area contributed by atoms with Crippen molar-refractivity contribution in [2.24, 2.45) is 0 Å². The lowest BCUT2D eigenvalue weighted by molar-refractivity contribution is -0.140. The standard InChI is InChI=1S/C31H33N3O5/c1-22-4-2-5-23(20-22)21-39-26-8-6-25(7-9-26)29(35)27-28(24-10-12-32-13-11-24)34(31(37)30(27)36)15-3-14-33-16-18-38-19-17-33/h2,4-13,20,28,35H,3,14-19,21H2,1H3/b29-27+/t28-/m0/s1. The maximum atomic E-state index is 13.3. The Morgan fingerprint density at radius 3 is 2.49 bits per heavy atom. The van der Waals surface area contributed by atoms with E-state index in [9.17, 15) is 14.7 Å². The predicted molar refractivity (Wildman–Crippen MR) is 147 cm³/mol. The van der Waals surface area contributed by atoms with Gasteiger partial charge in [0, 0.05) is 44.1 Å². The number of nitrogens with zero attached hydrogens (tertiary/aromatic N) is 3. The number of aromatic nitrogens is 1. The van der Waals surface area contributed by atoms with Crippen LogP contribution >= 0.6 is 0 Å². The largest absolute Gasteiger partial charge is 0.507 e. The second kappa shape index (κ2) is 12.2. The molecule has 2 saturated heterocycles. The molecule has 2 fully saturated rings. The number of Topliss-reactive ketones (excluding diaryl/α,β-unsaturated/α-hetero) is 1. The molecule has 1 amide bonds. The third kappa shape index (κ3) is 6.19. The first kappa shape index (κ1) is 26.6. The molecule has 3 aromatic rings. The summed E-state index contributed by atoms with van der Waals surface area (Å²) in [6.45, 7) is 6.79. The number of aryl methyl sites for hydroxylation is 1. The van der Waals surface area contributed by atoms with Gasteiger partial charge in [-0.1, -0.05) is 29.8 Å². The minimum Gasteiger partial charge on any atom is -0.507 e. The summed E-state index contributed by atoms with van der Waals surface area (Å²) in [5, 5.41) is 11.3. The third-order valence-corrected chi connectivity index (χ3v) is 7.15. The van der Waals surface area contributed by atoms with Gasteiger partial charge in [0.25, 0.3) is 11.7 Å². The van der Waals surface area contributed by atoms with Gasteiger partial charge in [0.1, 0.15) is 18.1 Å². The molecule has 8 nitrogen and oxygen atoms in total. The van der Waals surface area contributed by atoms with Gasteiger partial charge in [0.05, 0.1) is 24.8 Å². The molecule has 8 heteroatoms. The highest BCUT2D eigenvalue weighted by molar-refractivity contribution is 6.46. The summed E-state index contributed by atoms with van der Waals surface area (Å²) in [6.07, 6.45) is 3.97. The number of aliphatic hydroxyl groups excluding tert-OH is 1. The number of likely N-dealkylation sites (tertiary alicyclic amines) is 1. The van der Waals surface area contributed by atoms with E-state index in [2.05, 4.69) is 16.0 Å². The number of amides is 1. The Morgan fingerprint density at radius 1 is 1.03 bits per heavy atom. The number of rotatable bonds is 9. The number of carbonyl (C=O) groups is 2.